The first-order valence-electron chi connectivity index (χ1n) is 8.45. The van der Waals surface area contributed by atoms with Crippen LogP contribution < -0.4 is 10.2 Å². The third-order valence-corrected chi connectivity index (χ3v) is 4.55. The van der Waals surface area contributed by atoms with E-state index in [4.69, 9.17) is 0 Å². The summed E-state index contributed by atoms with van der Waals surface area (Å²) < 4.78 is 0. The van der Waals surface area contributed by atoms with Crippen molar-refractivity contribution in [2.75, 3.05) is 18.5 Å². The Hall–Kier alpha value is -2.50. The number of aromatic amines is 1. The monoisotopic (exact) mass is 327 g/mol. The van der Waals surface area contributed by atoms with Gasteiger partial charge in [0, 0.05) is 31.9 Å². The summed E-state index contributed by atoms with van der Waals surface area (Å²) >= 11 is 0. The van der Waals surface area contributed by atoms with E-state index < -0.39 is 0 Å². The van der Waals surface area contributed by atoms with E-state index in [2.05, 4.69) is 53.4 Å². The van der Waals surface area contributed by atoms with Gasteiger partial charge in [-0.3, -0.25) is 5.10 Å². The van der Waals surface area contributed by atoms with Gasteiger partial charge in [-0.15, -0.1) is 0 Å². The number of likely N-dealkylation sites (N-methyl/N-ethyl adjacent to an activating group) is 1. The van der Waals surface area contributed by atoms with Crippen molar-refractivity contribution in [1.29, 1.82) is 0 Å². The number of aryl methyl sites for hydroxylation is 1. The number of anilines is 1. The average Bonchev–Trinajstić information content (AvgIpc) is 3.00. The second kappa shape index (κ2) is 6.95. The van der Waals surface area contributed by atoms with Crippen LogP contribution in [0.3, 0.4) is 0 Å². The second-order valence-electron chi connectivity index (χ2n) is 6.38. The average molecular weight is 327 g/mol. The van der Waals surface area contributed by atoms with E-state index in [0.29, 0.717) is 13.1 Å². The van der Waals surface area contributed by atoms with Gasteiger partial charge in [0.2, 0.25) is 0 Å². The Balaban J connectivity index is 1.69. The van der Waals surface area contributed by atoms with Gasteiger partial charge >= 0.3 is 6.03 Å². The number of hydrogen-bond donors (Lipinski definition) is 2. The number of fused-ring (bicyclic) bond motifs is 1. The van der Waals surface area contributed by atoms with Gasteiger partial charge in [0.1, 0.15) is 0 Å². The molecule has 0 radical (unpaired) electrons. The molecule has 6 nitrogen and oxygen atoms in total. The molecule has 128 valence electrons. The standard InChI is InChI=1S/C18H25N5O/c1-4-15-9-16(21-20-15)10-19-18(24)23-12-14-7-5-6-8-17(14)22(3)11-13(23)2/h5-9,13H,4,10-12H2,1-3H3,(H,19,24)(H,20,21)/t13-/m1/s1. The van der Waals surface area contributed by atoms with Gasteiger partial charge in [0.25, 0.3) is 0 Å². The smallest absolute Gasteiger partial charge is 0.318 e. The Labute approximate surface area is 142 Å². The minimum absolute atomic E-state index is 0.0414. The summed E-state index contributed by atoms with van der Waals surface area (Å²) in [7, 11) is 2.08. The summed E-state index contributed by atoms with van der Waals surface area (Å²) in [5.74, 6) is 0. The highest BCUT2D eigenvalue weighted by atomic mass is 16.2. The van der Waals surface area contributed by atoms with Gasteiger partial charge in [0.15, 0.2) is 0 Å². The molecule has 2 aromatic rings. The number of nitrogens with zero attached hydrogens (tertiary/aromatic N) is 3. The fraction of sp³-hybridized carbons (Fsp3) is 0.444. The minimum Gasteiger partial charge on any atom is -0.372 e. The molecule has 2 N–H and O–H groups in total. The summed E-state index contributed by atoms with van der Waals surface area (Å²) in [5, 5.41) is 10.2. The van der Waals surface area contributed by atoms with Crippen molar-refractivity contribution < 1.29 is 4.79 Å². The van der Waals surface area contributed by atoms with E-state index in [1.165, 1.54) is 11.3 Å². The molecule has 1 aliphatic rings. The van der Waals surface area contributed by atoms with Crippen molar-refractivity contribution in [3.05, 3.63) is 47.3 Å². The second-order valence-corrected chi connectivity index (χ2v) is 6.38. The van der Waals surface area contributed by atoms with Crippen LogP contribution in [0.2, 0.25) is 0 Å². The van der Waals surface area contributed by atoms with Crippen molar-refractivity contribution in [3.8, 4) is 0 Å². The Bertz CT molecular complexity index is 711. The van der Waals surface area contributed by atoms with Gasteiger partial charge in [0.05, 0.1) is 17.9 Å². The van der Waals surface area contributed by atoms with Crippen LogP contribution in [0, 0.1) is 0 Å². The number of para-hydroxylation sites is 1. The lowest BCUT2D eigenvalue weighted by Gasteiger charge is -2.28. The molecule has 0 bridgehead atoms. The molecule has 0 spiro atoms. The zero-order valence-corrected chi connectivity index (χ0v) is 14.5. The third kappa shape index (κ3) is 3.37. The summed E-state index contributed by atoms with van der Waals surface area (Å²) in [6, 6.07) is 10.4. The lowest BCUT2D eigenvalue weighted by Crippen LogP contribution is -2.46. The number of rotatable bonds is 3. The highest BCUT2D eigenvalue weighted by Gasteiger charge is 2.26. The molecule has 3 rings (SSSR count). The summed E-state index contributed by atoms with van der Waals surface area (Å²) in [6.45, 7) is 6.05. The molecule has 0 aliphatic carbocycles. The topological polar surface area (TPSA) is 64.3 Å². The number of benzene rings is 1. The fourth-order valence-electron chi connectivity index (χ4n) is 3.17. The lowest BCUT2D eigenvalue weighted by molar-refractivity contribution is 0.178. The van der Waals surface area contributed by atoms with Gasteiger partial charge in [-0.2, -0.15) is 5.10 Å². The molecule has 2 amide bonds. The van der Waals surface area contributed by atoms with Crippen LogP contribution >= 0.6 is 0 Å². The van der Waals surface area contributed by atoms with Crippen molar-refractivity contribution in [2.45, 2.75) is 39.4 Å². The lowest BCUT2D eigenvalue weighted by atomic mass is 10.1. The summed E-state index contributed by atoms with van der Waals surface area (Å²) in [6.07, 6.45) is 0.886. The number of carbonyl (C=O) groups excluding carboxylic acids is 1. The van der Waals surface area contributed by atoms with Crippen LogP contribution in [0.5, 0.6) is 0 Å². The Morgan fingerprint density at radius 3 is 2.96 bits per heavy atom. The number of urea groups is 1. The van der Waals surface area contributed by atoms with Crippen molar-refractivity contribution in [2.24, 2.45) is 0 Å². The predicted molar refractivity (Wildman–Crippen MR) is 94.9 cm³/mol. The third-order valence-electron chi connectivity index (χ3n) is 4.55. The highest BCUT2D eigenvalue weighted by Crippen LogP contribution is 2.25. The molecule has 1 atom stereocenters. The van der Waals surface area contributed by atoms with Gasteiger partial charge in [-0.25, -0.2) is 4.79 Å². The molecule has 0 unspecified atom stereocenters. The van der Waals surface area contributed by atoms with Crippen LogP contribution in [-0.2, 0) is 19.5 Å². The van der Waals surface area contributed by atoms with Crippen LogP contribution in [0.1, 0.15) is 30.8 Å². The van der Waals surface area contributed by atoms with Crippen LogP contribution in [-0.4, -0.2) is 40.8 Å². The quantitative estimate of drug-likeness (QED) is 0.910. The summed E-state index contributed by atoms with van der Waals surface area (Å²) in [4.78, 5) is 16.8. The largest absolute Gasteiger partial charge is 0.372 e. The van der Waals surface area contributed by atoms with Gasteiger partial charge < -0.3 is 15.1 Å². The maximum atomic E-state index is 12.7. The first kappa shape index (κ1) is 16.4. The number of amides is 2. The molecule has 6 heteroatoms. The number of aromatic nitrogens is 2. The summed E-state index contributed by atoms with van der Waals surface area (Å²) in [5.41, 5.74) is 4.31. The Morgan fingerprint density at radius 2 is 2.21 bits per heavy atom. The van der Waals surface area contributed by atoms with Crippen molar-refractivity contribution in [3.63, 3.8) is 0 Å². The molecule has 24 heavy (non-hydrogen) atoms. The molecule has 2 heterocycles. The van der Waals surface area contributed by atoms with Gasteiger partial charge in [-0.05, 0) is 31.0 Å². The number of nitrogens with one attached hydrogen (secondary N) is 2. The Morgan fingerprint density at radius 1 is 1.42 bits per heavy atom. The molecule has 0 saturated carbocycles. The minimum atomic E-state index is -0.0414. The normalized spacial score (nSPS) is 17.4. The van der Waals surface area contributed by atoms with E-state index in [1.54, 1.807) is 0 Å². The van der Waals surface area contributed by atoms with E-state index in [0.717, 1.165) is 24.4 Å². The number of carbonyl (C=O) groups is 1. The highest BCUT2D eigenvalue weighted by molar-refractivity contribution is 5.75. The number of hydrogen-bond acceptors (Lipinski definition) is 3. The molecule has 1 aromatic heterocycles. The van der Waals surface area contributed by atoms with Crippen molar-refractivity contribution >= 4 is 11.7 Å². The SMILES string of the molecule is CCc1cc(CNC(=O)N2Cc3ccccc3N(C)C[C@H]2C)[nH]n1. The van der Waals surface area contributed by atoms with Gasteiger partial charge in [-0.1, -0.05) is 25.1 Å². The zero-order valence-electron chi connectivity index (χ0n) is 14.5. The zero-order chi connectivity index (χ0) is 17.1. The van der Waals surface area contributed by atoms with Crippen LogP contribution in [0.15, 0.2) is 30.3 Å². The first-order chi connectivity index (χ1) is 11.6. The van der Waals surface area contributed by atoms with Crippen LogP contribution in [0.25, 0.3) is 0 Å². The van der Waals surface area contributed by atoms with E-state index in [9.17, 15) is 4.79 Å². The predicted octanol–water partition coefficient (Wildman–Crippen LogP) is 2.52. The first-order valence-corrected chi connectivity index (χ1v) is 8.45. The molecule has 1 aromatic carbocycles. The Kier molecular flexibility index (Phi) is 4.74. The fourth-order valence-corrected chi connectivity index (χ4v) is 3.17. The number of H-pyrrole nitrogens is 1. The van der Waals surface area contributed by atoms with E-state index in [-0.39, 0.29) is 12.1 Å². The maximum Gasteiger partial charge on any atom is 0.318 e. The molecule has 0 fully saturated rings. The van der Waals surface area contributed by atoms with Crippen LogP contribution in [0.4, 0.5) is 10.5 Å². The van der Waals surface area contributed by atoms with E-state index >= 15 is 0 Å². The van der Waals surface area contributed by atoms with E-state index in [1.807, 2.05) is 23.1 Å². The molecule has 0 saturated heterocycles. The van der Waals surface area contributed by atoms with Crippen molar-refractivity contribution in [1.82, 2.24) is 20.4 Å². The maximum absolute atomic E-state index is 12.7. The molecular weight excluding hydrogens is 302 g/mol. The molecular formula is C18H25N5O. The molecule has 1 aliphatic heterocycles.